The Kier molecular flexibility index (Phi) is 4.33. The number of hydrogen-bond donors (Lipinski definition) is 3. The van der Waals surface area contributed by atoms with E-state index < -0.39 is 23.9 Å². The van der Waals surface area contributed by atoms with Gasteiger partial charge < -0.3 is 15.6 Å². The summed E-state index contributed by atoms with van der Waals surface area (Å²) in [5, 5.41) is 6.36. The number of carbonyl (C=O) groups excluding carboxylic acids is 3. The van der Waals surface area contributed by atoms with Gasteiger partial charge in [-0.3, -0.25) is 14.5 Å². The number of rotatable bonds is 5. The van der Waals surface area contributed by atoms with E-state index in [2.05, 4.69) is 15.6 Å². The standard InChI is InChI=1S/C20H18N4O3/c25-18(22-14-6-2-1-3-7-14)12-24-19(26)17(23-20(24)27)10-13-11-21-16-9-5-4-8-15(13)16/h1-9,11,17,21H,10,12H2,(H,22,25)(H,23,27)/t17-/m1/s1. The highest BCUT2D eigenvalue weighted by Crippen LogP contribution is 2.21. The molecular weight excluding hydrogens is 344 g/mol. The molecule has 0 radical (unpaired) electrons. The molecule has 1 atom stereocenters. The van der Waals surface area contributed by atoms with E-state index >= 15 is 0 Å². The maximum absolute atomic E-state index is 12.6. The third-order valence-electron chi connectivity index (χ3n) is 4.57. The van der Waals surface area contributed by atoms with Gasteiger partial charge >= 0.3 is 6.03 Å². The summed E-state index contributed by atoms with van der Waals surface area (Å²) < 4.78 is 0. The third kappa shape index (κ3) is 3.39. The van der Waals surface area contributed by atoms with Gasteiger partial charge in [-0.25, -0.2) is 4.79 Å². The first-order valence-corrected chi connectivity index (χ1v) is 8.63. The molecule has 1 fully saturated rings. The lowest BCUT2D eigenvalue weighted by atomic mass is 10.1. The Morgan fingerprint density at radius 1 is 1.04 bits per heavy atom. The maximum Gasteiger partial charge on any atom is 0.325 e. The average Bonchev–Trinajstić information content (AvgIpc) is 3.19. The van der Waals surface area contributed by atoms with Crippen LogP contribution >= 0.6 is 0 Å². The number of para-hydroxylation sites is 2. The van der Waals surface area contributed by atoms with Crippen LogP contribution in [-0.2, 0) is 16.0 Å². The van der Waals surface area contributed by atoms with Gasteiger partial charge in [-0.15, -0.1) is 0 Å². The van der Waals surface area contributed by atoms with E-state index in [1.54, 1.807) is 24.3 Å². The fourth-order valence-electron chi connectivity index (χ4n) is 3.25. The summed E-state index contributed by atoms with van der Waals surface area (Å²) >= 11 is 0. The normalized spacial score (nSPS) is 16.6. The lowest BCUT2D eigenvalue weighted by Crippen LogP contribution is -2.38. The molecule has 7 heteroatoms. The number of nitrogens with one attached hydrogen (secondary N) is 3. The van der Waals surface area contributed by atoms with Gasteiger partial charge in [0.05, 0.1) is 0 Å². The van der Waals surface area contributed by atoms with Crippen molar-refractivity contribution >= 4 is 34.4 Å². The molecule has 1 aliphatic rings. The number of anilines is 1. The maximum atomic E-state index is 12.6. The van der Waals surface area contributed by atoms with Crippen LogP contribution in [0, 0.1) is 0 Å². The van der Waals surface area contributed by atoms with Crippen molar-refractivity contribution in [3.8, 4) is 0 Å². The summed E-state index contributed by atoms with van der Waals surface area (Å²) in [5.74, 6) is -0.814. The van der Waals surface area contributed by atoms with Crippen LogP contribution in [0.2, 0.25) is 0 Å². The smallest absolute Gasteiger partial charge is 0.325 e. The molecule has 1 aliphatic heterocycles. The highest BCUT2D eigenvalue weighted by molar-refractivity contribution is 6.08. The zero-order valence-electron chi connectivity index (χ0n) is 14.4. The zero-order valence-corrected chi connectivity index (χ0v) is 14.4. The Labute approximate surface area is 155 Å². The summed E-state index contributed by atoms with van der Waals surface area (Å²) in [6.45, 7) is -0.316. The van der Waals surface area contributed by atoms with Crippen LogP contribution in [-0.4, -0.2) is 40.3 Å². The van der Waals surface area contributed by atoms with Gasteiger partial charge in [0.1, 0.15) is 12.6 Å². The van der Waals surface area contributed by atoms with Crippen LogP contribution in [0.3, 0.4) is 0 Å². The minimum atomic E-state index is -0.679. The summed E-state index contributed by atoms with van der Waals surface area (Å²) in [6.07, 6.45) is 2.21. The van der Waals surface area contributed by atoms with Gasteiger partial charge in [0.25, 0.3) is 5.91 Å². The van der Waals surface area contributed by atoms with Crippen LogP contribution in [0.15, 0.2) is 60.8 Å². The number of carbonyl (C=O) groups is 3. The van der Waals surface area contributed by atoms with Crippen LogP contribution in [0.5, 0.6) is 0 Å². The molecule has 2 heterocycles. The number of hydrogen-bond acceptors (Lipinski definition) is 3. The molecule has 0 bridgehead atoms. The number of benzene rings is 2. The molecule has 1 aromatic heterocycles. The Morgan fingerprint density at radius 2 is 1.78 bits per heavy atom. The molecule has 7 nitrogen and oxygen atoms in total. The SMILES string of the molecule is O=C(CN1C(=O)N[C@H](Cc2c[nH]c3ccccc23)C1=O)Nc1ccccc1. The van der Waals surface area contributed by atoms with Crippen LogP contribution < -0.4 is 10.6 Å². The average molecular weight is 362 g/mol. The number of H-pyrrole nitrogens is 1. The highest BCUT2D eigenvalue weighted by Gasteiger charge is 2.39. The first kappa shape index (κ1) is 16.8. The van der Waals surface area contributed by atoms with Gasteiger partial charge in [0.2, 0.25) is 5.91 Å². The van der Waals surface area contributed by atoms with E-state index in [-0.39, 0.29) is 6.54 Å². The van der Waals surface area contributed by atoms with Crippen LogP contribution in [0.25, 0.3) is 10.9 Å². The molecule has 136 valence electrons. The summed E-state index contributed by atoms with van der Waals surface area (Å²) in [6, 6.07) is 15.4. The molecule has 3 N–H and O–H groups in total. The number of amides is 4. The Hall–Kier alpha value is -3.61. The Morgan fingerprint density at radius 3 is 2.59 bits per heavy atom. The lowest BCUT2D eigenvalue weighted by Gasteiger charge is -2.13. The molecule has 4 rings (SSSR count). The van der Waals surface area contributed by atoms with E-state index in [4.69, 9.17) is 0 Å². The monoisotopic (exact) mass is 362 g/mol. The lowest BCUT2D eigenvalue weighted by molar-refractivity contribution is -0.130. The van der Waals surface area contributed by atoms with Gasteiger partial charge in [-0.05, 0) is 23.8 Å². The van der Waals surface area contributed by atoms with Crippen molar-refractivity contribution in [3.63, 3.8) is 0 Å². The van der Waals surface area contributed by atoms with Gasteiger partial charge in [-0.2, -0.15) is 0 Å². The number of urea groups is 1. The number of fused-ring (bicyclic) bond motifs is 1. The van der Waals surface area contributed by atoms with E-state index in [9.17, 15) is 14.4 Å². The zero-order chi connectivity index (χ0) is 18.8. The molecule has 0 aliphatic carbocycles. The first-order valence-electron chi connectivity index (χ1n) is 8.63. The summed E-state index contributed by atoms with van der Waals surface area (Å²) in [4.78, 5) is 41.1. The van der Waals surface area contributed by atoms with Crippen LogP contribution in [0.1, 0.15) is 5.56 Å². The number of aromatic nitrogens is 1. The summed E-state index contributed by atoms with van der Waals surface area (Å²) in [7, 11) is 0. The molecule has 3 aromatic rings. The molecular formula is C20H18N4O3. The molecule has 1 saturated heterocycles. The number of imide groups is 1. The van der Waals surface area contributed by atoms with Crippen LogP contribution in [0.4, 0.5) is 10.5 Å². The second-order valence-electron chi connectivity index (χ2n) is 6.40. The minimum absolute atomic E-state index is 0.316. The molecule has 4 amide bonds. The van der Waals surface area contributed by atoms with Crippen molar-refractivity contribution < 1.29 is 14.4 Å². The van der Waals surface area contributed by atoms with Gasteiger partial charge in [0, 0.05) is 29.2 Å². The predicted molar refractivity (Wildman–Crippen MR) is 101 cm³/mol. The Bertz CT molecular complexity index is 1010. The molecule has 0 saturated carbocycles. The van der Waals surface area contributed by atoms with E-state index in [1.807, 2.05) is 36.5 Å². The second kappa shape index (κ2) is 6.95. The fraction of sp³-hybridized carbons (Fsp3) is 0.150. The van der Waals surface area contributed by atoms with Crippen molar-refractivity contribution in [1.82, 2.24) is 15.2 Å². The summed E-state index contributed by atoms with van der Waals surface area (Å²) in [5.41, 5.74) is 2.54. The predicted octanol–water partition coefficient (Wildman–Crippen LogP) is 2.27. The largest absolute Gasteiger partial charge is 0.361 e. The molecule has 2 aromatic carbocycles. The van der Waals surface area contributed by atoms with Crippen molar-refractivity contribution in [1.29, 1.82) is 0 Å². The second-order valence-corrected chi connectivity index (χ2v) is 6.40. The minimum Gasteiger partial charge on any atom is -0.361 e. The first-order chi connectivity index (χ1) is 13.1. The van der Waals surface area contributed by atoms with E-state index in [0.717, 1.165) is 21.4 Å². The van der Waals surface area contributed by atoms with Crippen molar-refractivity contribution in [3.05, 3.63) is 66.4 Å². The van der Waals surface area contributed by atoms with Gasteiger partial charge in [-0.1, -0.05) is 36.4 Å². The quantitative estimate of drug-likeness (QED) is 0.608. The van der Waals surface area contributed by atoms with E-state index in [1.165, 1.54) is 0 Å². The number of aromatic amines is 1. The number of nitrogens with zero attached hydrogens (tertiary/aromatic N) is 1. The van der Waals surface area contributed by atoms with Crippen molar-refractivity contribution in [2.75, 3.05) is 11.9 Å². The molecule has 27 heavy (non-hydrogen) atoms. The molecule has 0 spiro atoms. The van der Waals surface area contributed by atoms with Crippen molar-refractivity contribution in [2.45, 2.75) is 12.5 Å². The molecule has 0 unspecified atom stereocenters. The highest BCUT2D eigenvalue weighted by atomic mass is 16.2. The van der Waals surface area contributed by atoms with Crippen molar-refractivity contribution in [2.24, 2.45) is 0 Å². The topological polar surface area (TPSA) is 94.3 Å². The van der Waals surface area contributed by atoms with E-state index in [0.29, 0.717) is 12.1 Å². The fourth-order valence-corrected chi connectivity index (χ4v) is 3.25. The third-order valence-corrected chi connectivity index (χ3v) is 4.57. The van der Waals surface area contributed by atoms with Gasteiger partial charge in [0.15, 0.2) is 0 Å². The Balaban J connectivity index is 1.43.